The van der Waals surface area contributed by atoms with Gasteiger partial charge in [-0.1, -0.05) is 164 Å². The average molecular weight is 719 g/mol. The number of rotatable bonds is 3. The normalized spacial score (nSPS) is 13.4. The monoisotopic (exact) mass is 718 g/mol. The van der Waals surface area contributed by atoms with Crippen molar-refractivity contribution in [1.29, 1.82) is 0 Å². The Morgan fingerprint density at radius 2 is 1.02 bits per heavy atom. The summed E-state index contributed by atoms with van der Waals surface area (Å²) in [7, 11) is 0. The van der Waals surface area contributed by atoms with E-state index in [0.29, 0.717) is 0 Å². The molecule has 0 fully saturated rings. The molecule has 0 saturated carbocycles. The van der Waals surface area contributed by atoms with Crippen LogP contribution in [0.1, 0.15) is 22.3 Å². The summed E-state index contributed by atoms with van der Waals surface area (Å²) in [5.41, 5.74) is 13.4. The molecule has 10 aromatic rings. The van der Waals surface area contributed by atoms with Crippen LogP contribution in [0.4, 0.5) is 0 Å². The second-order valence-corrected chi connectivity index (χ2v) is 15.4. The number of benzene rings is 8. The number of nitrogens with zero attached hydrogens (tertiary/aromatic N) is 2. The summed E-state index contributed by atoms with van der Waals surface area (Å²) < 4.78 is 8.88. The van der Waals surface area contributed by atoms with E-state index >= 15 is 0 Å². The van der Waals surface area contributed by atoms with E-state index in [1.807, 2.05) is 0 Å². The molecule has 0 unspecified atom stereocenters. The standard InChI is InChI=1S/C51H30N2OS/c1-2-15-34-31(13-1)14-11-19-36(34)50-52-47(49-48(53-50)38-17-4-10-26-45(38)55-49)33-29-27-32(28-30-33)35-18-12-23-42-46(35)37-16-3-5-20-39(37)51(42)40-21-6-8-24-43(40)54-44-25-9-7-22-41(44)51/h1-30H. The number of para-hydroxylation sites is 2. The molecule has 256 valence electrons. The molecule has 1 aliphatic carbocycles. The van der Waals surface area contributed by atoms with Gasteiger partial charge in [-0.15, -0.1) is 11.3 Å². The predicted molar refractivity (Wildman–Crippen MR) is 226 cm³/mol. The van der Waals surface area contributed by atoms with Gasteiger partial charge in [0.25, 0.3) is 0 Å². The molecule has 0 radical (unpaired) electrons. The molecule has 3 nitrogen and oxygen atoms in total. The highest BCUT2D eigenvalue weighted by Crippen LogP contribution is 2.63. The molecule has 0 amide bonds. The van der Waals surface area contributed by atoms with E-state index in [9.17, 15) is 0 Å². The summed E-state index contributed by atoms with van der Waals surface area (Å²) in [4.78, 5) is 10.6. The molecule has 0 N–H and O–H groups in total. The van der Waals surface area contributed by atoms with E-state index < -0.39 is 5.41 Å². The van der Waals surface area contributed by atoms with Crippen molar-refractivity contribution in [2.75, 3.05) is 0 Å². The molecule has 4 heteroatoms. The smallest absolute Gasteiger partial charge is 0.161 e. The Bertz CT molecular complexity index is 3150. The van der Waals surface area contributed by atoms with E-state index in [1.54, 1.807) is 11.3 Å². The van der Waals surface area contributed by atoms with Crippen LogP contribution >= 0.6 is 11.3 Å². The van der Waals surface area contributed by atoms with Gasteiger partial charge in [-0.05, 0) is 62.4 Å². The number of hydrogen-bond donors (Lipinski definition) is 0. The van der Waals surface area contributed by atoms with Crippen LogP contribution < -0.4 is 4.74 Å². The second-order valence-electron chi connectivity index (χ2n) is 14.4. The van der Waals surface area contributed by atoms with Crippen molar-refractivity contribution in [3.63, 3.8) is 0 Å². The lowest BCUT2D eigenvalue weighted by atomic mass is 9.66. The summed E-state index contributed by atoms with van der Waals surface area (Å²) >= 11 is 1.77. The molecule has 0 saturated heterocycles. The minimum atomic E-state index is -0.501. The van der Waals surface area contributed by atoms with Crippen molar-refractivity contribution in [2.24, 2.45) is 0 Å². The first-order chi connectivity index (χ1) is 27.3. The minimum absolute atomic E-state index is 0.501. The van der Waals surface area contributed by atoms with Crippen LogP contribution in [-0.4, -0.2) is 9.97 Å². The summed E-state index contributed by atoms with van der Waals surface area (Å²) in [5.74, 6) is 2.55. The van der Waals surface area contributed by atoms with E-state index in [4.69, 9.17) is 14.7 Å². The molecule has 12 rings (SSSR count). The molecular formula is C51H30N2OS. The van der Waals surface area contributed by atoms with Crippen LogP contribution in [0, 0.1) is 0 Å². The van der Waals surface area contributed by atoms with E-state index in [-0.39, 0.29) is 0 Å². The Morgan fingerprint density at radius 1 is 0.436 bits per heavy atom. The SMILES string of the molecule is c1ccc2c(c1)Oc1ccccc1C21c2ccccc2-c2c(-c3ccc(-c4nc(-c5cccc6ccccc56)nc5c4sc4ccccc45)cc3)cccc21. The average Bonchev–Trinajstić information content (AvgIpc) is 3.77. The third-order valence-corrected chi connectivity index (χ3v) is 12.8. The van der Waals surface area contributed by atoms with Gasteiger partial charge in [-0.25, -0.2) is 9.97 Å². The lowest BCUT2D eigenvalue weighted by molar-refractivity contribution is 0.436. The predicted octanol–water partition coefficient (Wildman–Crippen LogP) is 13.5. The first-order valence-electron chi connectivity index (χ1n) is 18.7. The van der Waals surface area contributed by atoms with Gasteiger partial charge in [0, 0.05) is 32.3 Å². The van der Waals surface area contributed by atoms with Crippen LogP contribution in [0.3, 0.4) is 0 Å². The number of aromatic nitrogens is 2. The minimum Gasteiger partial charge on any atom is -0.457 e. The van der Waals surface area contributed by atoms with Gasteiger partial charge in [0.2, 0.25) is 0 Å². The fourth-order valence-electron chi connectivity index (χ4n) is 9.28. The van der Waals surface area contributed by atoms with Crippen LogP contribution in [0.2, 0.25) is 0 Å². The van der Waals surface area contributed by atoms with Crippen LogP contribution in [0.25, 0.3) is 76.0 Å². The molecule has 2 aliphatic rings. The Labute approximate surface area is 321 Å². The fourth-order valence-corrected chi connectivity index (χ4v) is 10.4. The first kappa shape index (κ1) is 30.6. The molecule has 0 bridgehead atoms. The highest BCUT2D eigenvalue weighted by Gasteiger charge is 2.51. The van der Waals surface area contributed by atoms with Crippen LogP contribution in [0.5, 0.6) is 11.5 Å². The van der Waals surface area contributed by atoms with Gasteiger partial charge >= 0.3 is 0 Å². The van der Waals surface area contributed by atoms with E-state index in [0.717, 1.165) is 60.7 Å². The van der Waals surface area contributed by atoms with E-state index in [1.165, 1.54) is 49.0 Å². The molecular weight excluding hydrogens is 689 g/mol. The Morgan fingerprint density at radius 3 is 1.84 bits per heavy atom. The van der Waals surface area contributed by atoms with Crippen LogP contribution in [-0.2, 0) is 5.41 Å². The van der Waals surface area contributed by atoms with E-state index in [2.05, 4.69) is 182 Å². The van der Waals surface area contributed by atoms with Gasteiger partial charge in [0.15, 0.2) is 5.82 Å². The third kappa shape index (κ3) is 4.26. The summed E-state index contributed by atoms with van der Waals surface area (Å²) in [5, 5.41) is 3.49. The Kier molecular flexibility index (Phi) is 6.42. The maximum atomic E-state index is 6.56. The lowest BCUT2D eigenvalue weighted by Gasteiger charge is -2.39. The number of ether oxygens (including phenoxy) is 1. The maximum absolute atomic E-state index is 6.56. The molecule has 2 aromatic heterocycles. The highest BCUT2D eigenvalue weighted by atomic mass is 32.1. The Balaban J connectivity index is 1.06. The van der Waals surface area contributed by atoms with Crippen molar-refractivity contribution in [3.05, 3.63) is 204 Å². The van der Waals surface area contributed by atoms with Crippen molar-refractivity contribution >= 4 is 42.4 Å². The van der Waals surface area contributed by atoms with Crippen molar-refractivity contribution < 1.29 is 4.74 Å². The van der Waals surface area contributed by atoms with Crippen molar-refractivity contribution in [3.8, 4) is 56.4 Å². The maximum Gasteiger partial charge on any atom is 0.161 e. The largest absolute Gasteiger partial charge is 0.457 e. The number of fused-ring (bicyclic) bond motifs is 13. The summed E-state index contributed by atoms with van der Waals surface area (Å²) in [6.45, 7) is 0. The van der Waals surface area contributed by atoms with Crippen molar-refractivity contribution in [1.82, 2.24) is 9.97 Å². The fraction of sp³-hybridized carbons (Fsp3) is 0.0196. The zero-order valence-electron chi connectivity index (χ0n) is 29.5. The first-order valence-corrected chi connectivity index (χ1v) is 19.5. The van der Waals surface area contributed by atoms with Gasteiger partial charge in [0.05, 0.1) is 21.3 Å². The summed E-state index contributed by atoms with van der Waals surface area (Å²) in [6, 6.07) is 65.3. The van der Waals surface area contributed by atoms with Crippen molar-refractivity contribution in [2.45, 2.75) is 5.41 Å². The zero-order valence-corrected chi connectivity index (χ0v) is 30.3. The van der Waals surface area contributed by atoms with Gasteiger partial charge < -0.3 is 4.74 Å². The summed E-state index contributed by atoms with van der Waals surface area (Å²) in [6.07, 6.45) is 0. The number of hydrogen-bond acceptors (Lipinski definition) is 4. The van der Waals surface area contributed by atoms with Gasteiger partial charge in [-0.2, -0.15) is 0 Å². The number of thiophene rings is 1. The molecule has 1 spiro atoms. The molecule has 3 heterocycles. The third-order valence-electron chi connectivity index (χ3n) is 11.6. The van der Waals surface area contributed by atoms with Gasteiger partial charge in [0.1, 0.15) is 11.5 Å². The quantitative estimate of drug-likeness (QED) is 0.182. The topological polar surface area (TPSA) is 35.0 Å². The molecule has 1 aliphatic heterocycles. The zero-order chi connectivity index (χ0) is 36.1. The van der Waals surface area contributed by atoms with Crippen LogP contribution in [0.15, 0.2) is 182 Å². The lowest BCUT2D eigenvalue weighted by Crippen LogP contribution is -2.32. The Hall–Kier alpha value is -6.88. The second kappa shape index (κ2) is 11.6. The van der Waals surface area contributed by atoms with Gasteiger partial charge in [-0.3, -0.25) is 0 Å². The molecule has 8 aromatic carbocycles. The molecule has 55 heavy (non-hydrogen) atoms. The highest BCUT2D eigenvalue weighted by molar-refractivity contribution is 7.26. The molecule has 0 atom stereocenters.